The van der Waals surface area contributed by atoms with Crippen molar-refractivity contribution in [1.82, 2.24) is 4.98 Å². The molecule has 0 aliphatic rings. The maximum Gasteiger partial charge on any atom is 0.0786 e. The van der Waals surface area contributed by atoms with E-state index in [2.05, 4.69) is 133 Å². The molecule has 7 rings (SSSR count). The Labute approximate surface area is 210 Å². The fourth-order valence-electron chi connectivity index (χ4n) is 5.31. The highest BCUT2D eigenvalue weighted by atomic mass is 14.7. The molecule has 0 spiro atoms. The van der Waals surface area contributed by atoms with Crippen LogP contribution in [0.5, 0.6) is 0 Å². The fourth-order valence-corrected chi connectivity index (χ4v) is 5.31. The first-order valence-electron chi connectivity index (χ1n) is 12.3. The first-order chi connectivity index (χ1) is 17.8. The van der Waals surface area contributed by atoms with Gasteiger partial charge in [-0.1, -0.05) is 115 Å². The third-order valence-corrected chi connectivity index (χ3v) is 7.11. The van der Waals surface area contributed by atoms with Gasteiger partial charge in [-0.25, -0.2) is 0 Å². The molecule has 0 aliphatic carbocycles. The van der Waals surface area contributed by atoms with E-state index in [9.17, 15) is 0 Å². The summed E-state index contributed by atoms with van der Waals surface area (Å²) in [5.74, 6) is 0. The molecule has 1 heterocycles. The summed E-state index contributed by atoms with van der Waals surface area (Å²) in [4.78, 5) is 4.82. The number of hydrogen-bond donors (Lipinski definition) is 0. The molecule has 7 aromatic rings. The van der Waals surface area contributed by atoms with Crippen LogP contribution in [0.25, 0.3) is 65.8 Å². The van der Waals surface area contributed by atoms with Crippen molar-refractivity contribution in [2.24, 2.45) is 0 Å². The molecule has 1 heteroatoms. The van der Waals surface area contributed by atoms with Gasteiger partial charge in [0, 0.05) is 17.1 Å². The van der Waals surface area contributed by atoms with Crippen molar-refractivity contribution in [3.8, 4) is 33.5 Å². The van der Waals surface area contributed by atoms with Gasteiger partial charge >= 0.3 is 0 Å². The van der Waals surface area contributed by atoms with Crippen LogP contribution in [-0.4, -0.2) is 4.98 Å². The Hall–Kier alpha value is -4.75. The predicted octanol–water partition coefficient (Wildman–Crippen LogP) is 9.54. The SMILES string of the molecule is c1ccc(-c2cccc3ccc(-c4ccc5cccc(-c6nccc7ccccc67)c5c4)cc23)cc1. The first kappa shape index (κ1) is 20.6. The zero-order valence-corrected chi connectivity index (χ0v) is 19.7. The number of nitrogens with zero attached hydrogens (tertiary/aromatic N) is 1. The molecule has 0 fully saturated rings. The van der Waals surface area contributed by atoms with Crippen LogP contribution in [0.4, 0.5) is 0 Å². The third kappa shape index (κ3) is 3.45. The number of fused-ring (bicyclic) bond motifs is 3. The van der Waals surface area contributed by atoms with Gasteiger partial charge in [0.25, 0.3) is 0 Å². The smallest absolute Gasteiger partial charge is 0.0786 e. The largest absolute Gasteiger partial charge is 0.256 e. The minimum Gasteiger partial charge on any atom is -0.256 e. The molecule has 36 heavy (non-hydrogen) atoms. The van der Waals surface area contributed by atoms with Crippen molar-refractivity contribution < 1.29 is 0 Å². The lowest BCUT2D eigenvalue weighted by Crippen LogP contribution is -1.89. The predicted molar refractivity (Wildman–Crippen MR) is 153 cm³/mol. The van der Waals surface area contributed by atoms with Crippen LogP contribution in [0.3, 0.4) is 0 Å². The summed E-state index contributed by atoms with van der Waals surface area (Å²) >= 11 is 0. The topological polar surface area (TPSA) is 12.9 Å². The zero-order chi connectivity index (χ0) is 23.9. The van der Waals surface area contributed by atoms with E-state index in [0.717, 1.165) is 11.3 Å². The Bertz CT molecular complexity index is 1880. The average Bonchev–Trinajstić information content (AvgIpc) is 2.96. The monoisotopic (exact) mass is 457 g/mol. The summed E-state index contributed by atoms with van der Waals surface area (Å²) < 4.78 is 0. The highest BCUT2D eigenvalue weighted by Gasteiger charge is 2.11. The third-order valence-electron chi connectivity index (χ3n) is 7.11. The second-order valence-electron chi connectivity index (χ2n) is 9.23. The van der Waals surface area contributed by atoms with E-state index in [4.69, 9.17) is 4.98 Å². The van der Waals surface area contributed by atoms with E-state index in [1.807, 2.05) is 6.20 Å². The number of benzene rings is 6. The first-order valence-corrected chi connectivity index (χ1v) is 12.3. The summed E-state index contributed by atoms with van der Waals surface area (Å²) in [6, 6.07) is 47.8. The summed E-state index contributed by atoms with van der Waals surface area (Å²) in [5, 5.41) is 7.34. The van der Waals surface area contributed by atoms with Crippen molar-refractivity contribution in [3.05, 3.63) is 140 Å². The second kappa shape index (κ2) is 8.48. The molecule has 0 bridgehead atoms. The molecule has 1 aromatic heterocycles. The number of hydrogen-bond acceptors (Lipinski definition) is 1. The van der Waals surface area contributed by atoms with Gasteiger partial charge in [-0.05, 0) is 67.4 Å². The van der Waals surface area contributed by atoms with Gasteiger partial charge in [0.1, 0.15) is 0 Å². The van der Waals surface area contributed by atoms with Crippen LogP contribution < -0.4 is 0 Å². The van der Waals surface area contributed by atoms with Crippen LogP contribution >= 0.6 is 0 Å². The van der Waals surface area contributed by atoms with Crippen molar-refractivity contribution in [2.75, 3.05) is 0 Å². The molecule has 0 N–H and O–H groups in total. The van der Waals surface area contributed by atoms with Gasteiger partial charge in [-0.2, -0.15) is 0 Å². The Morgan fingerprint density at radius 2 is 0.944 bits per heavy atom. The lowest BCUT2D eigenvalue weighted by molar-refractivity contribution is 1.36. The second-order valence-corrected chi connectivity index (χ2v) is 9.23. The summed E-state index contributed by atoms with van der Waals surface area (Å²) in [7, 11) is 0. The minimum absolute atomic E-state index is 1.03. The van der Waals surface area contributed by atoms with Crippen molar-refractivity contribution in [3.63, 3.8) is 0 Å². The van der Waals surface area contributed by atoms with Gasteiger partial charge in [0.15, 0.2) is 0 Å². The zero-order valence-electron chi connectivity index (χ0n) is 19.7. The van der Waals surface area contributed by atoms with Crippen LogP contribution in [0.15, 0.2) is 140 Å². The molecule has 0 unspecified atom stereocenters. The summed E-state index contributed by atoms with van der Waals surface area (Å²) in [6.07, 6.45) is 1.91. The number of aromatic nitrogens is 1. The van der Waals surface area contributed by atoms with Crippen molar-refractivity contribution in [2.45, 2.75) is 0 Å². The Balaban J connectivity index is 1.43. The van der Waals surface area contributed by atoms with Gasteiger partial charge in [-0.3, -0.25) is 4.98 Å². The molecular formula is C35H23N. The minimum atomic E-state index is 1.03. The number of pyridine rings is 1. The van der Waals surface area contributed by atoms with E-state index >= 15 is 0 Å². The molecule has 0 radical (unpaired) electrons. The summed E-state index contributed by atoms with van der Waals surface area (Å²) in [5.41, 5.74) is 7.12. The van der Waals surface area contributed by atoms with Crippen molar-refractivity contribution >= 4 is 32.3 Å². The highest BCUT2D eigenvalue weighted by molar-refractivity contribution is 6.05. The lowest BCUT2D eigenvalue weighted by atomic mass is 9.92. The molecule has 168 valence electrons. The molecule has 0 aliphatic heterocycles. The maximum absolute atomic E-state index is 4.82. The normalized spacial score (nSPS) is 11.3. The van der Waals surface area contributed by atoms with E-state index in [1.54, 1.807) is 0 Å². The standard InChI is InChI=1S/C35H23N/c1-2-8-24(9-3-1)30-14-6-11-25-16-18-28(22-33(25)30)29-19-17-26-12-7-15-32(34(26)23-29)35-31-13-5-4-10-27(31)20-21-36-35/h1-23H. The van der Waals surface area contributed by atoms with E-state index in [1.165, 1.54) is 54.6 Å². The van der Waals surface area contributed by atoms with Crippen LogP contribution in [-0.2, 0) is 0 Å². The molecule has 6 aromatic carbocycles. The molecule has 0 amide bonds. The van der Waals surface area contributed by atoms with Crippen LogP contribution in [0, 0.1) is 0 Å². The van der Waals surface area contributed by atoms with Gasteiger partial charge in [0.05, 0.1) is 5.69 Å². The lowest BCUT2D eigenvalue weighted by Gasteiger charge is -2.12. The molecule has 0 saturated carbocycles. The quantitative estimate of drug-likeness (QED) is 0.257. The molecule has 1 nitrogen and oxygen atoms in total. The fraction of sp³-hybridized carbons (Fsp3) is 0. The highest BCUT2D eigenvalue weighted by Crippen LogP contribution is 2.36. The van der Waals surface area contributed by atoms with Crippen LogP contribution in [0.2, 0.25) is 0 Å². The Morgan fingerprint density at radius 1 is 0.361 bits per heavy atom. The Morgan fingerprint density at radius 3 is 1.69 bits per heavy atom. The molecular weight excluding hydrogens is 434 g/mol. The van der Waals surface area contributed by atoms with Gasteiger partial charge in [0.2, 0.25) is 0 Å². The van der Waals surface area contributed by atoms with E-state index in [-0.39, 0.29) is 0 Å². The maximum atomic E-state index is 4.82. The van der Waals surface area contributed by atoms with E-state index in [0.29, 0.717) is 0 Å². The summed E-state index contributed by atoms with van der Waals surface area (Å²) in [6.45, 7) is 0. The van der Waals surface area contributed by atoms with E-state index < -0.39 is 0 Å². The average molecular weight is 458 g/mol. The number of rotatable bonds is 3. The molecule has 0 atom stereocenters. The van der Waals surface area contributed by atoms with Gasteiger partial charge < -0.3 is 0 Å². The Kier molecular flexibility index (Phi) is 4.85. The molecule has 0 saturated heterocycles. The van der Waals surface area contributed by atoms with Crippen LogP contribution in [0.1, 0.15) is 0 Å². The van der Waals surface area contributed by atoms with Gasteiger partial charge in [-0.15, -0.1) is 0 Å². The van der Waals surface area contributed by atoms with Crippen molar-refractivity contribution in [1.29, 1.82) is 0 Å².